The third-order valence-electron chi connectivity index (χ3n) is 4.72. The smallest absolute Gasteiger partial charge is 0.323 e. The molecule has 1 aromatic carbocycles. The molecule has 2 saturated heterocycles. The molecular weight excluding hydrogens is 360 g/mol. The average Bonchev–Trinajstić information content (AvgIpc) is 2.54. The summed E-state index contributed by atoms with van der Waals surface area (Å²) in [6, 6.07) is 8.27. The van der Waals surface area contributed by atoms with Crippen LogP contribution in [0.4, 0.5) is 0 Å². The van der Waals surface area contributed by atoms with Gasteiger partial charge in [0.05, 0.1) is 6.54 Å². The Hall–Kier alpha value is -1.56. The topological polar surface area (TPSA) is 78.3 Å². The zero-order valence-corrected chi connectivity index (χ0v) is 14.5. The Balaban J connectivity index is 1.88. The van der Waals surface area contributed by atoms with E-state index in [1.165, 1.54) is 5.56 Å². The molecule has 122 valence electrons. The van der Waals surface area contributed by atoms with Crippen LogP contribution in [0, 0.1) is 5.92 Å². The van der Waals surface area contributed by atoms with Gasteiger partial charge in [-0.05, 0) is 42.0 Å². The molecule has 23 heavy (non-hydrogen) atoms. The molecule has 7 heteroatoms. The predicted molar refractivity (Wildman–Crippen MR) is 89.7 cm³/mol. The number of piperidine rings is 1. The van der Waals surface area contributed by atoms with E-state index < -0.39 is 0 Å². The van der Waals surface area contributed by atoms with Crippen molar-refractivity contribution in [2.75, 3.05) is 13.1 Å². The van der Waals surface area contributed by atoms with Gasteiger partial charge < -0.3 is 4.74 Å². The normalized spacial score (nSPS) is 31.0. The third kappa shape index (κ3) is 3.37. The Bertz CT molecular complexity index is 629. The zero-order valence-electron chi connectivity index (χ0n) is 12.9. The van der Waals surface area contributed by atoms with Crippen LogP contribution in [-0.2, 0) is 9.53 Å². The molecule has 2 aliphatic rings. The number of fused-ring (bicyclic) bond motifs is 1. The van der Waals surface area contributed by atoms with E-state index in [1.54, 1.807) is 0 Å². The lowest BCUT2D eigenvalue weighted by atomic mass is 9.82. The van der Waals surface area contributed by atoms with Gasteiger partial charge in [0.2, 0.25) is 0 Å². The summed E-state index contributed by atoms with van der Waals surface area (Å²) in [5, 5.41) is 3.57. The molecular formula is C16H19BrN4O2. The van der Waals surface area contributed by atoms with Gasteiger partial charge in [0, 0.05) is 22.0 Å². The van der Waals surface area contributed by atoms with Crippen LogP contribution in [0.5, 0.6) is 0 Å². The molecule has 0 aromatic heterocycles. The Labute approximate surface area is 143 Å². The number of ether oxygens (including phenoxy) is 1. The molecule has 0 radical (unpaired) electrons. The third-order valence-corrected chi connectivity index (χ3v) is 5.25. The lowest BCUT2D eigenvalue weighted by Gasteiger charge is -2.48. The van der Waals surface area contributed by atoms with Crippen molar-refractivity contribution in [2.24, 2.45) is 11.0 Å². The summed E-state index contributed by atoms with van der Waals surface area (Å²) in [5.41, 5.74) is 9.70. The molecule has 4 atom stereocenters. The molecule has 0 spiro atoms. The zero-order chi connectivity index (χ0) is 16.4. The van der Waals surface area contributed by atoms with E-state index in [-0.39, 0.29) is 30.7 Å². The first-order valence-corrected chi connectivity index (χ1v) is 8.62. The number of azide groups is 1. The summed E-state index contributed by atoms with van der Waals surface area (Å²) in [7, 11) is 0. The van der Waals surface area contributed by atoms with E-state index in [4.69, 9.17) is 10.3 Å². The van der Waals surface area contributed by atoms with Gasteiger partial charge in [-0.15, -0.1) is 0 Å². The van der Waals surface area contributed by atoms with Gasteiger partial charge in [0.25, 0.3) is 0 Å². The van der Waals surface area contributed by atoms with Gasteiger partial charge in [-0.1, -0.05) is 40.1 Å². The molecule has 0 amide bonds. The maximum atomic E-state index is 12.3. The Morgan fingerprint density at radius 1 is 1.39 bits per heavy atom. The van der Waals surface area contributed by atoms with Crippen molar-refractivity contribution in [3.05, 3.63) is 44.7 Å². The molecule has 2 heterocycles. The monoisotopic (exact) mass is 378 g/mol. The Kier molecular flexibility index (Phi) is 4.90. The largest absolute Gasteiger partial charge is 0.460 e. The van der Waals surface area contributed by atoms with Gasteiger partial charge >= 0.3 is 5.97 Å². The number of carbonyl (C=O) groups excluding carboxylic acids is 1. The van der Waals surface area contributed by atoms with E-state index in [9.17, 15) is 4.79 Å². The number of cyclic esters (lactones) is 1. The van der Waals surface area contributed by atoms with Gasteiger partial charge in [0.15, 0.2) is 0 Å². The van der Waals surface area contributed by atoms with E-state index in [2.05, 4.69) is 49.9 Å². The van der Waals surface area contributed by atoms with Crippen LogP contribution in [0.2, 0.25) is 0 Å². The molecule has 0 saturated carbocycles. The number of hydrogen-bond acceptors (Lipinski definition) is 4. The predicted octanol–water partition coefficient (Wildman–Crippen LogP) is 3.83. The number of carbonyl (C=O) groups is 1. The minimum absolute atomic E-state index is 0.184. The minimum atomic E-state index is -0.363. The highest BCUT2D eigenvalue weighted by Crippen LogP contribution is 2.41. The molecule has 0 bridgehead atoms. The fourth-order valence-electron chi connectivity index (χ4n) is 3.68. The van der Waals surface area contributed by atoms with Gasteiger partial charge in [-0.25, -0.2) is 0 Å². The van der Waals surface area contributed by atoms with Crippen molar-refractivity contribution in [1.82, 2.24) is 4.90 Å². The Morgan fingerprint density at radius 3 is 2.83 bits per heavy atom. The van der Waals surface area contributed by atoms with Gasteiger partial charge in [-0.2, -0.15) is 0 Å². The van der Waals surface area contributed by atoms with Crippen molar-refractivity contribution in [3.63, 3.8) is 0 Å². The first-order valence-electron chi connectivity index (χ1n) is 7.82. The minimum Gasteiger partial charge on any atom is -0.460 e. The summed E-state index contributed by atoms with van der Waals surface area (Å²) >= 11 is 3.47. The molecule has 6 nitrogen and oxygen atoms in total. The lowest BCUT2D eigenvalue weighted by Crippen LogP contribution is -2.57. The van der Waals surface area contributed by atoms with Crippen molar-refractivity contribution < 1.29 is 9.53 Å². The highest BCUT2D eigenvalue weighted by molar-refractivity contribution is 9.10. The number of nitrogens with zero attached hydrogens (tertiary/aromatic N) is 4. The van der Waals surface area contributed by atoms with Crippen molar-refractivity contribution in [1.29, 1.82) is 0 Å². The number of hydrogen-bond donors (Lipinski definition) is 0. The van der Waals surface area contributed by atoms with Crippen LogP contribution >= 0.6 is 15.9 Å². The van der Waals surface area contributed by atoms with Crippen LogP contribution in [0.25, 0.3) is 10.4 Å². The quantitative estimate of drug-likeness (QED) is 0.347. The van der Waals surface area contributed by atoms with E-state index in [0.29, 0.717) is 12.5 Å². The molecule has 1 unspecified atom stereocenters. The molecule has 3 rings (SSSR count). The van der Waals surface area contributed by atoms with Crippen LogP contribution in [0.1, 0.15) is 31.4 Å². The number of morpholine rings is 1. The molecule has 2 fully saturated rings. The first-order chi connectivity index (χ1) is 11.1. The second kappa shape index (κ2) is 6.91. The second-order valence-electron chi connectivity index (χ2n) is 6.24. The maximum Gasteiger partial charge on any atom is 0.323 e. The van der Waals surface area contributed by atoms with E-state index in [1.807, 2.05) is 12.1 Å². The highest BCUT2D eigenvalue weighted by Gasteiger charge is 2.44. The van der Waals surface area contributed by atoms with Crippen molar-refractivity contribution in [2.45, 2.75) is 38.0 Å². The van der Waals surface area contributed by atoms with Gasteiger partial charge in [-0.3, -0.25) is 9.69 Å². The summed E-state index contributed by atoms with van der Waals surface area (Å²) < 4.78 is 6.49. The van der Waals surface area contributed by atoms with E-state index in [0.717, 1.165) is 17.3 Å². The Morgan fingerprint density at radius 2 is 2.13 bits per heavy atom. The average molecular weight is 379 g/mol. The fraction of sp³-hybridized carbons (Fsp3) is 0.562. The van der Waals surface area contributed by atoms with Crippen LogP contribution in [0.15, 0.2) is 33.9 Å². The summed E-state index contributed by atoms with van der Waals surface area (Å²) in [5.74, 6) is 0.266. The number of benzene rings is 1. The van der Waals surface area contributed by atoms with Crippen molar-refractivity contribution >= 4 is 21.9 Å². The number of halogens is 1. The van der Waals surface area contributed by atoms with Crippen molar-refractivity contribution in [3.8, 4) is 0 Å². The van der Waals surface area contributed by atoms with Crippen LogP contribution in [0.3, 0.4) is 0 Å². The summed E-state index contributed by atoms with van der Waals surface area (Å²) in [4.78, 5) is 17.3. The second-order valence-corrected chi connectivity index (χ2v) is 7.15. The summed E-state index contributed by atoms with van der Waals surface area (Å²) in [6.07, 6.45) is 1.46. The SMILES string of the molecule is C[C@H]1CCC2C(=O)O[C@H](CN=[N+]=[N-])CN2[C@@H]1c1ccc(Br)cc1. The summed E-state index contributed by atoms with van der Waals surface area (Å²) in [6.45, 7) is 3.03. The molecule has 1 aromatic rings. The first kappa shape index (κ1) is 16.3. The van der Waals surface area contributed by atoms with Crippen LogP contribution < -0.4 is 0 Å². The lowest BCUT2D eigenvalue weighted by molar-refractivity contribution is -0.173. The van der Waals surface area contributed by atoms with Gasteiger partial charge in [0.1, 0.15) is 12.1 Å². The van der Waals surface area contributed by atoms with E-state index >= 15 is 0 Å². The van der Waals surface area contributed by atoms with Crippen LogP contribution in [-0.4, -0.2) is 36.1 Å². The highest BCUT2D eigenvalue weighted by atomic mass is 79.9. The molecule has 0 aliphatic carbocycles. The number of esters is 1. The maximum absolute atomic E-state index is 12.3. The molecule has 2 aliphatic heterocycles. The fourth-order valence-corrected chi connectivity index (χ4v) is 3.94. The standard InChI is InChI=1S/C16H19BrN4O2/c1-10-2-7-14-16(22)23-13(8-19-20-18)9-21(14)15(10)11-3-5-12(17)6-4-11/h3-6,10,13-15H,2,7-9H2,1H3/t10-,13+,14?,15-/m0/s1. The molecule has 0 N–H and O–H groups in total. The number of rotatable bonds is 3.